The van der Waals surface area contributed by atoms with E-state index in [9.17, 15) is 5.11 Å². The topological polar surface area (TPSA) is 40.5 Å². The number of hydrogen-bond donors (Lipinski definition) is 2. The van der Waals surface area contributed by atoms with E-state index in [1.165, 1.54) is 0 Å². The highest BCUT2D eigenvalue weighted by atomic mass is 16.3. The summed E-state index contributed by atoms with van der Waals surface area (Å²) in [5.41, 5.74) is 0.842. The minimum absolute atomic E-state index is 0.147. The van der Waals surface area contributed by atoms with Gasteiger partial charge in [-0.3, -0.25) is 0 Å². The van der Waals surface area contributed by atoms with E-state index in [2.05, 4.69) is 6.58 Å². The fourth-order valence-electron chi connectivity index (χ4n) is 1.12. The van der Waals surface area contributed by atoms with Gasteiger partial charge < -0.3 is 10.2 Å². The summed E-state index contributed by atoms with van der Waals surface area (Å²) in [5.74, 6) is 0.495. The van der Waals surface area contributed by atoms with Gasteiger partial charge in [-0.15, -0.1) is 0 Å². The van der Waals surface area contributed by atoms with Gasteiger partial charge in [0.1, 0.15) is 5.76 Å². The highest BCUT2D eigenvalue weighted by molar-refractivity contribution is 5.18. The minimum atomic E-state index is -0.229. The average Bonchev–Trinajstić information content (AvgIpc) is 2.11. The molecule has 0 aromatic rings. The van der Waals surface area contributed by atoms with Crippen molar-refractivity contribution in [2.45, 2.75) is 46.1 Å². The molecule has 0 aliphatic carbocycles. The van der Waals surface area contributed by atoms with Crippen molar-refractivity contribution in [2.75, 3.05) is 0 Å². The van der Waals surface area contributed by atoms with E-state index in [0.29, 0.717) is 5.92 Å². The molecule has 0 spiro atoms. The summed E-state index contributed by atoms with van der Waals surface area (Å²) < 4.78 is 0. The Morgan fingerprint density at radius 2 is 2.00 bits per heavy atom. The van der Waals surface area contributed by atoms with Crippen molar-refractivity contribution in [2.24, 2.45) is 5.92 Å². The van der Waals surface area contributed by atoms with Gasteiger partial charge in [0, 0.05) is 0 Å². The SMILES string of the molecule is C=C(O)C(C)=CCCCC(C)C(C)O. The van der Waals surface area contributed by atoms with Crippen LogP contribution < -0.4 is 0 Å². The lowest BCUT2D eigenvalue weighted by atomic mass is 9.99. The molecule has 2 N–H and O–H groups in total. The maximum absolute atomic E-state index is 9.25. The average molecular weight is 198 g/mol. The van der Waals surface area contributed by atoms with Crippen molar-refractivity contribution in [1.82, 2.24) is 0 Å². The van der Waals surface area contributed by atoms with Gasteiger partial charge in [-0.2, -0.15) is 0 Å². The third-order valence-electron chi connectivity index (χ3n) is 2.59. The molecular weight excluding hydrogens is 176 g/mol. The summed E-state index contributed by atoms with van der Waals surface area (Å²) in [6.45, 7) is 9.16. The van der Waals surface area contributed by atoms with E-state index in [-0.39, 0.29) is 11.9 Å². The van der Waals surface area contributed by atoms with Crippen molar-refractivity contribution in [3.05, 3.63) is 24.0 Å². The molecule has 0 aliphatic rings. The molecule has 0 fully saturated rings. The summed E-state index contributed by atoms with van der Waals surface area (Å²) in [7, 11) is 0. The fraction of sp³-hybridized carbons (Fsp3) is 0.667. The second-order valence-electron chi connectivity index (χ2n) is 3.98. The standard InChI is InChI=1S/C12H22O2/c1-9(11(3)13)7-5-6-8-10(2)12(4)14/h7,10,12-14H,3,5-6,8H2,1-2,4H3. The Kier molecular flexibility index (Phi) is 6.30. The third-order valence-corrected chi connectivity index (χ3v) is 2.59. The molecule has 0 radical (unpaired) electrons. The highest BCUT2D eigenvalue weighted by Gasteiger charge is 2.07. The molecule has 0 amide bonds. The van der Waals surface area contributed by atoms with Crippen LogP contribution in [0.2, 0.25) is 0 Å². The molecule has 0 rings (SSSR count). The van der Waals surface area contributed by atoms with Gasteiger partial charge in [0.25, 0.3) is 0 Å². The molecule has 14 heavy (non-hydrogen) atoms. The van der Waals surface area contributed by atoms with E-state index < -0.39 is 0 Å². The largest absolute Gasteiger partial charge is 0.508 e. The van der Waals surface area contributed by atoms with E-state index >= 15 is 0 Å². The summed E-state index contributed by atoms with van der Waals surface area (Å²) in [6, 6.07) is 0. The number of aliphatic hydroxyl groups excluding tert-OH is 2. The quantitative estimate of drug-likeness (QED) is 0.391. The first-order valence-corrected chi connectivity index (χ1v) is 5.18. The van der Waals surface area contributed by atoms with Crippen LogP contribution in [0.1, 0.15) is 40.0 Å². The van der Waals surface area contributed by atoms with Crippen LogP contribution in [0, 0.1) is 5.92 Å². The normalized spacial score (nSPS) is 16.4. The van der Waals surface area contributed by atoms with E-state index in [1.54, 1.807) is 0 Å². The van der Waals surface area contributed by atoms with Gasteiger partial charge in [-0.1, -0.05) is 19.6 Å². The predicted molar refractivity (Wildman–Crippen MR) is 60.2 cm³/mol. The number of rotatable bonds is 6. The Labute approximate surface area is 87.0 Å². The van der Waals surface area contributed by atoms with Crippen LogP contribution in [-0.4, -0.2) is 16.3 Å². The van der Waals surface area contributed by atoms with Gasteiger partial charge in [-0.25, -0.2) is 0 Å². The van der Waals surface area contributed by atoms with Crippen LogP contribution in [0.25, 0.3) is 0 Å². The van der Waals surface area contributed by atoms with Gasteiger partial charge >= 0.3 is 0 Å². The summed E-state index contributed by atoms with van der Waals surface area (Å²) >= 11 is 0. The third kappa shape index (κ3) is 5.81. The van der Waals surface area contributed by atoms with Crippen molar-refractivity contribution >= 4 is 0 Å². The predicted octanol–water partition coefficient (Wildman–Crippen LogP) is 3.19. The first-order chi connectivity index (χ1) is 6.45. The number of aliphatic hydroxyl groups is 2. The fourth-order valence-corrected chi connectivity index (χ4v) is 1.12. The van der Waals surface area contributed by atoms with E-state index in [1.807, 2.05) is 26.8 Å². The van der Waals surface area contributed by atoms with E-state index in [0.717, 1.165) is 24.8 Å². The molecule has 82 valence electrons. The lowest BCUT2D eigenvalue weighted by Crippen LogP contribution is -2.12. The van der Waals surface area contributed by atoms with Crippen LogP contribution >= 0.6 is 0 Å². The molecule has 0 bridgehead atoms. The van der Waals surface area contributed by atoms with Crippen molar-refractivity contribution in [3.63, 3.8) is 0 Å². The molecule has 2 atom stereocenters. The maximum Gasteiger partial charge on any atom is 0.110 e. The monoisotopic (exact) mass is 198 g/mol. The Hall–Kier alpha value is -0.760. The van der Waals surface area contributed by atoms with Crippen LogP contribution in [0.3, 0.4) is 0 Å². The number of unbranched alkanes of at least 4 members (excludes halogenated alkanes) is 1. The Bertz CT molecular complexity index is 204. The second kappa shape index (κ2) is 6.66. The molecular formula is C12H22O2. The van der Waals surface area contributed by atoms with E-state index in [4.69, 9.17) is 5.11 Å². The van der Waals surface area contributed by atoms with Crippen molar-refractivity contribution in [3.8, 4) is 0 Å². The first-order valence-electron chi connectivity index (χ1n) is 5.18. The molecule has 0 saturated carbocycles. The Morgan fingerprint density at radius 3 is 2.43 bits per heavy atom. The van der Waals surface area contributed by atoms with Crippen LogP contribution in [0.4, 0.5) is 0 Å². The first kappa shape index (κ1) is 13.2. The molecule has 2 unspecified atom stereocenters. The number of hydrogen-bond acceptors (Lipinski definition) is 2. The zero-order chi connectivity index (χ0) is 11.1. The molecule has 2 nitrogen and oxygen atoms in total. The zero-order valence-corrected chi connectivity index (χ0v) is 9.45. The zero-order valence-electron chi connectivity index (χ0n) is 9.45. The highest BCUT2D eigenvalue weighted by Crippen LogP contribution is 2.13. The number of allylic oxidation sites excluding steroid dienone is 2. The Balaban J connectivity index is 3.66. The van der Waals surface area contributed by atoms with Crippen LogP contribution in [-0.2, 0) is 0 Å². The summed E-state index contributed by atoms with van der Waals surface area (Å²) in [5, 5.41) is 18.3. The minimum Gasteiger partial charge on any atom is -0.508 e. The summed E-state index contributed by atoms with van der Waals surface area (Å²) in [6.07, 6.45) is 4.74. The van der Waals surface area contributed by atoms with Crippen LogP contribution in [0.15, 0.2) is 24.0 Å². The van der Waals surface area contributed by atoms with Gasteiger partial charge in [0.15, 0.2) is 0 Å². The van der Waals surface area contributed by atoms with Crippen molar-refractivity contribution in [1.29, 1.82) is 0 Å². The van der Waals surface area contributed by atoms with Gasteiger partial charge in [0.05, 0.1) is 6.10 Å². The molecule has 2 heteroatoms. The second-order valence-corrected chi connectivity index (χ2v) is 3.98. The molecule has 0 aliphatic heterocycles. The Morgan fingerprint density at radius 1 is 1.43 bits per heavy atom. The van der Waals surface area contributed by atoms with Gasteiger partial charge in [0.2, 0.25) is 0 Å². The molecule has 0 aromatic heterocycles. The molecule has 0 aromatic carbocycles. The smallest absolute Gasteiger partial charge is 0.110 e. The lowest BCUT2D eigenvalue weighted by molar-refractivity contribution is 0.129. The van der Waals surface area contributed by atoms with Gasteiger partial charge in [-0.05, 0) is 44.6 Å². The summed E-state index contributed by atoms with van der Waals surface area (Å²) in [4.78, 5) is 0. The molecule has 0 heterocycles. The van der Waals surface area contributed by atoms with Crippen LogP contribution in [0.5, 0.6) is 0 Å². The lowest BCUT2D eigenvalue weighted by Gasteiger charge is -2.13. The van der Waals surface area contributed by atoms with Crippen molar-refractivity contribution < 1.29 is 10.2 Å². The molecule has 0 saturated heterocycles. The maximum atomic E-state index is 9.25.